The van der Waals surface area contributed by atoms with E-state index in [2.05, 4.69) is 11.8 Å². The summed E-state index contributed by atoms with van der Waals surface area (Å²) in [4.78, 5) is 14.4. The third kappa shape index (κ3) is 5.03. The Balaban J connectivity index is 2.59. The van der Waals surface area contributed by atoms with E-state index in [1.807, 2.05) is 11.4 Å². The normalized spacial score (nSPS) is 11.6. The summed E-state index contributed by atoms with van der Waals surface area (Å²) in [6.07, 6.45) is 0.0595. The molecular formula is C14H19NO3S. The van der Waals surface area contributed by atoms with E-state index in [9.17, 15) is 4.79 Å². The highest BCUT2D eigenvalue weighted by atomic mass is 32.1. The third-order valence-electron chi connectivity index (χ3n) is 2.60. The van der Waals surface area contributed by atoms with Crippen LogP contribution in [0.25, 0.3) is 0 Å². The van der Waals surface area contributed by atoms with E-state index >= 15 is 0 Å². The number of methoxy groups -OCH3 is 1. The molecule has 1 unspecified atom stereocenters. The average molecular weight is 281 g/mol. The van der Waals surface area contributed by atoms with Gasteiger partial charge in [-0.2, -0.15) is 0 Å². The van der Waals surface area contributed by atoms with Crippen molar-refractivity contribution in [2.75, 3.05) is 20.8 Å². The van der Waals surface area contributed by atoms with E-state index in [0.717, 1.165) is 10.4 Å². The number of ether oxygens (including phenoxy) is 1. The summed E-state index contributed by atoms with van der Waals surface area (Å²) in [6.45, 7) is 2.36. The van der Waals surface area contributed by atoms with Crippen molar-refractivity contribution in [1.29, 1.82) is 0 Å². The molecule has 5 heteroatoms. The molecule has 1 aromatic heterocycles. The fraction of sp³-hybridized carbons (Fsp3) is 0.500. The number of carbonyl (C=O) groups is 1. The molecule has 19 heavy (non-hydrogen) atoms. The van der Waals surface area contributed by atoms with Gasteiger partial charge in [0, 0.05) is 27.1 Å². The number of rotatable bonds is 5. The van der Waals surface area contributed by atoms with Crippen LogP contribution in [0.2, 0.25) is 0 Å². The average Bonchev–Trinajstić information content (AvgIpc) is 2.84. The van der Waals surface area contributed by atoms with Gasteiger partial charge in [-0.15, -0.1) is 11.3 Å². The summed E-state index contributed by atoms with van der Waals surface area (Å²) in [5.41, 5.74) is 1.05. The first-order valence-corrected chi connectivity index (χ1v) is 6.91. The highest BCUT2D eigenvalue weighted by Crippen LogP contribution is 2.15. The second-order valence-electron chi connectivity index (χ2n) is 4.17. The van der Waals surface area contributed by atoms with Crippen LogP contribution in [0.3, 0.4) is 0 Å². The molecule has 0 radical (unpaired) electrons. The Kier molecular flexibility index (Phi) is 6.57. The number of hydrogen-bond acceptors (Lipinski definition) is 4. The molecule has 0 aliphatic rings. The minimum atomic E-state index is -0.424. The van der Waals surface area contributed by atoms with Crippen molar-refractivity contribution in [2.24, 2.45) is 0 Å². The molecule has 1 heterocycles. The summed E-state index contributed by atoms with van der Waals surface area (Å²) in [7, 11) is 3.28. The van der Waals surface area contributed by atoms with Gasteiger partial charge in [-0.25, -0.2) is 0 Å². The van der Waals surface area contributed by atoms with Crippen molar-refractivity contribution in [3.63, 3.8) is 0 Å². The van der Waals surface area contributed by atoms with Gasteiger partial charge >= 0.3 is 0 Å². The van der Waals surface area contributed by atoms with Crippen molar-refractivity contribution in [2.45, 2.75) is 26.0 Å². The van der Waals surface area contributed by atoms with Gasteiger partial charge in [0.25, 0.3) is 5.91 Å². The van der Waals surface area contributed by atoms with Crippen molar-refractivity contribution >= 4 is 17.2 Å². The van der Waals surface area contributed by atoms with Gasteiger partial charge < -0.3 is 14.7 Å². The van der Waals surface area contributed by atoms with Crippen LogP contribution < -0.4 is 0 Å². The molecule has 0 saturated heterocycles. The topological polar surface area (TPSA) is 49.8 Å². The maximum Gasteiger partial charge on any atom is 0.251 e. The van der Waals surface area contributed by atoms with E-state index < -0.39 is 6.10 Å². The fourth-order valence-corrected chi connectivity index (χ4v) is 2.26. The molecule has 1 atom stereocenters. The number of thiophene rings is 1. The molecule has 1 aromatic rings. The van der Waals surface area contributed by atoms with Gasteiger partial charge in [0.2, 0.25) is 0 Å². The number of likely N-dealkylation sites (N-methyl/N-ethyl adjacent to an activating group) is 1. The van der Waals surface area contributed by atoms with Gasteiger partial charge in [-0.3, -0.25) is 4.79 Å². The number of aliphatic hydroxyl groups excluding tert-OH is 1. The van der Waals surface area contributed by atoms with Crippen molar-refractivity contribution < 1.29 is 14.6 Å². The van der Waals surface area contributed by atoms with Crippen LogP contribution >= 0.6 is 11.3 Å². The maximum absolute atomic E-state index is 11.8. The Bertz CT molecular complexity index is 473. The molecule has 1 amide bonds. The highest BCUT2D eigenvalue weighted by molar-refractivity contribution is 7.10. The van der Waals surface area contributed by atoms with Crippen LogP contribution in [0.4, 0.5) is 0 Å². The molecule has 0 aromatic carbocycles. The maximum atomic E-state index is 11.8. The van der Waals surface area contributed by atoms with Gasteiger partial charge in [0.05, 0.1) is 11.5 Å². The number of nitrogens with zero attached hydrogens (tertiary/aromatic N) is 1. The Morgan fingerprint density at radius 3 is 3.00 bits per heavy atom. The first-order chi connectivity index (χ1) is 9.08. The van der Waals surface area contributed by atoms with Gasteiger partial charge in [-0.05, 0) is 23.9 Å². The quantitative estimate of drug-likeness (QED) is 0.832. The number of aliphatic hydroxyl groups is 1. The standard InChI is InChI=1S/C14H19NO3S/c1-11(18-3)14(17)15(2)9-12-8-13(19-10-12)6-4-5-7-16/h8,10-11,16H,5,7,9H2,1-3H3. The lowest BCUT2D eigenvalue weighted by Gasteiger charge is -2.19. The van der Waals surface area contributed by atoms with Gasteiger partial charge in [-0.1, -0.05) is 11.8 Å². The van der Waals surface area contributed by atoms with Crippen LogP contribution in [0.15, 0.2) is 11.4 Å². The predicted octanol–water partition coefficient (Wildman–Crippen LogP) is 1.48. The van der Waals surface area contributed by atoms with Crippen molar-refractivity contribution in [3.05, 3.63) is 21.9 Å². The minimum Gasteiger partial charge on any atom is -0.395 e. The molecule has 1 rings (SSSR count). The molecule has 0 fully saturated rings. The van der Waals surface area contributed by atoms with Crippen molar-refractivity contribution in [3.8, 4) is 11.8 Å². The molecule has 1 N–H and O–H groups in total. The highest BCUT2D eigenvalue weighted by Gasteiger charge is 2.17. The van der Waals surface area contributed by atoms with E-state index in [1.54, 1.807) is 30.2 Å². The molecule has 0 aliphatic heterocycles. The van der Waals surface area contributed by atoms with Crippen LogP contribution in [-0.2, 0) is 16.1 Å². The smallest absolute Gasteiger partial charge is 0.251 e. The van der Waals surface area contributed by atoms with Crippen molar-refractivity contribution in [1.82, 2.24) is 4.90 Å². The van der Waals surface area contributed by atoms with E-state index in [4.69, 9.17) is 9.84 Å². The van der Waals surface area contributed by atoms with Crippen LogP contribution in [0, 0.1) is 11.8 Å². The van der Waals surface area contributed by atoms with Crippen LogP contribution in [-0.4, -0.2) is 42.8 Å². The SMILES string of the molecule is COC(C)C(=O)N(C)Cc1csc(C#CCCO)c1. The zero-order valence-electron chi connectivity index (χ0n) is 11.5. The number of carbonyl (C=O) groups excluding carboxylic acids is 1. The Morgan fingerprint density at radius 1 is 1.63 bits per heavy atom. The zero-order chi connectivity index (χ0) is 14.3. The molecule has 0 aliphatic carbocycles. The van der Waals surface area contributed by atoms with Crippen LogP contribution in [0.1, 0.15) is 23.8 Å². The molecule has 4 nitrogen and oxygen atoms in total. The van der Waals surface area contributed by atoms with E-state index in [-0.39, 0.29) is 12.5 Å². The Hall–Kier alpha value is -1.35. The molecule has 0 bridgehead atoms. The number of hydrogen-bond donors (Lipinski definition) is 1. The van der Waals surface area contributed by atoms with Gasteiger partial charge in [0.1, 0.15) is 6.10 Å². The summed E-state index contributed by atoms with van der Waals surface area (Å²) < 4.78 is 5.01. The predicted molar refractivity (Wildman–Crippen MR) is 75.8 cm³/mol. The first-order valence-electron chi connectivity index (χ1n) is 6.03. The Morgan fingerprint density at radius 2 is 2.37 bits per heavy atom. The molecule has 104 valence electrons. The molecular weight excluding hydrogens is 262 g/mol. The summed E-state index contributed by atoms with van der Waals surface area (Å²) in [6, 6.07) is 1.97. The lowest BCUT2D eigenvalue weighted by atomic mass is 10.2. The number of amides is 1. The monoisotopic (exact) mass is 281 g/mol. The lowest BCUT2D eigenvalue weighted by molar-refractivity contribution is -0.140. The lowest BCUT2D eigenvalue weighted by Crippen LogP contribution is -2.35. The first kappa shape index (κ1) is 15.7. The molecule has 0 spiro atoms. The van der Waals surface area contributed by atoms with E-state index in [0.29, 0.717) is 13.0 Å². The summed E-state index contributed by atoms with van der Waals surface area (Å²) in [5, 5.41) is 10.6. The molecule has 0 saturated carbocycles. The Labute approximate surface area is 118 Å². The largest absolute Gasteiger partial charge is 0.395 e. The summed E-state index contributed by atoms with van der Waals surface area (Å²) >= 11 is 1.54. The fourth-order valence-electron chi connectivity index (χ4n) is 1.49. The minimum absolute atomic E-state index is 0.0402. The van der Waals surface area contributed by atoms with E-state index in [1.165, 1.54) is 7.11 Å². The van der Waals surface area contributed by atoms with Gasteiger partial charge in [0.15, 0.2) is 0 Å². The van der Waals surface area contributed by atoms with Crippen LogP contribution in [0.5, 0.6) is 0 Å². The second kappa shape index (κ2) is 7.95. The second-order valence-corrected chi connectivity index (χ2v) is 5.08. The summed E-state index contributed by atoms with van der Waals surface area (Å²) in [5.74, 6) is 5.82. The third-order valence-corrected chi connectivity index (χ3v) is 3.49. The zero-order valence-corrected chi connectivity index (χ0v) is 12.3.